The van der Waals surface area contributed by atoms with Gasteiger partial charge in [-0.15, -0.1) is 0 Å². The van der Waals surface area contributed by atoms with Crippen LogP contribution >= 0.6 is 11.6 Å². The van der Waals surface area contributed by atoms with Crippen molar-refractivity contribution >= 4 is 23.3 Å². The van der Waals surface area contributed by atoms with E-state index in [1.807, 2.05) is 13.8 Å². The summed E-state index contributed by atoms with van der Waals surface area (Å²) < 4.78 is 0. The number of anilines is 1. The van der Waals surface area contributed by atoms with Crippen LogP contribution in [-0.2, 0) is 0 Å². The van der Waals surface area contributed by atoms with Crippen LogP contribution in [0.3, 0.4) is 0 Å². The Morgan fingerprint density at radius 3 is 2.45 bits per heavy atom. The Balaban J connectivity index is 2.19. The molecular formula is C16H16ClNO2. The molecule has 2 aromatic carbocycles. The molecule has 2 rings (SSSR count). The summed E-state index contributed by atoms with van der Waals surface area (Å²) in [5, 5.41) is 12.6. The number of rotatable bonds is 4. The number of benzene rings is 2. The van der Waals surface area contributed by atoms with Gasteiger partial charge in [-0.1, -0.05) is 41.4 Å². The first-order valence-electron chi connectivity index (χ1n) is 6.33. The minimum absolute atomic E-state index is 0.0819. The van der Waals surface area contributed by atoms with Gasteiger partial charge in [-0.2, -0.15) is 0 Å². The summed E-state index contributed by atoms with van der Waals surface area (Å²) in [4.78, 5) is 11.1. The van der Waals surface area contributed by atoms with Crippen LogP contribution in [0.4, 0.5) is 5.69 Å². The van der Waals surface area contributed by atoms with E-state index >= 15 is 0 Å². The third-order valence-corrected chi connectivity index (χ3v) is 3.49. The van der Waals surface area contributed by atoms with Crippen LogP contribution in [0.1, 0.15) is 34.5 Å². The minimum Gasteiger partial charge on any atom is -0.478 e. The number of carboxylic acid groups (broad SMARTS) is 1. The average Bonchev–Trinajstić information content (AvgIpc) is 2.41. The maximum atomic E-state index is 11.1. The highest BCUT2D eigenvalue weighted by Crippen LogP contribution is 2.24. The molecule has 0 heterocycles. The van der Waals surface area contributed by atoms with Crippen molar-refractivity contribution in [1.29, 1.82) is 0 Å². The van der Waals surface area contributed by atoms with E-state index in [0.29, 0.717) is 0 Å². The Bertz CT molecular complexity index is 623. The summed E-state index contributed by atoms with van der Waals surface area (Å²) in [6, 6.07) is 13.2. The van der Waals surface area contributed by atoms with Crippen LogP contribution in [0.2, 0.25) is 5.02 Å². The first kappa shape index (κ1) is 14.4. The predicted molar refractivity (Wildman–Crippen MR) is 81.6 cm³/mol. The maximum Gasteiger partial charge on any atom is 0.337 e. The highest BCUT2D eigenvalue weighted by Gasteiger charge is 2.11. The van der Waals surface area contributed by atoms with Gasteiger partial charge in [0.25, 0.3) is 0 Å². The third-order valence-electron chi connectivity index (χ3n) is 3.16. The van der Waals surface area contributed by atoms with Crippen molar-refractivity contribution in [2.75, 3.05) is 5.32 Å². The van der Waals surface area contributed by atoms with Crippen molar-refractivity contribution in [1.82, 2.24) is 0 Å². The van der Waals surface area contributed by atoms with Crippen molar-refractivity contribution in [2.45, 2.75) is 19.9 Å². The molecule has 1 unspecified atom stereocenters. The second kappa shape index (κ2) is 5.97. The van der Waals surface area contributed by atoms with Crippen molar-refractivity contribution in [2.24, 2.45) is 0 Å². The van der Waals surface area contributed by atoms with E-state index in [9.17, 15) is 4.79 Å². The van der Waals surface area contributed by atoms with E-state index in [0.717, 1.165) is 11.3 Å². The molecule has 0 spiro atoms. The van der Waals surface area contributed by atoms with Crippen molar-refractivity contribution in [3.63, 3.8) is 0 Å². The Labute approximate surface area is 123 Å². The lowest BCUT2D eigenvalue weighted by Crippen LogP contribution is -2.07. The van der Waals surface area contributed by atoms with Crippen molar-refractivity contribution < 1.29 is 9.90 Å². The number of carboxylic acids is 1. The largest absolute Gasteiger partial charge is 0.478 e. The average molecular weight is 290 g/mol. The van der Waals surface area contributed by atoms with Gasteiger partial charge in [0, 0.05) is 11.7 Å². The second-order valence-corrected chi connectivity index (χ2v) is 5.18. The lowest BCUT2D eigenvalue weighted by molar-refractivity contribution is 0.0697. The van der Waals surface area contributed by atoms with E-state index < -0.39 is 5.97 Å². The van der Waals surface area contributed by atoms with Gasteiger partial charge in [0.2, 0.25) is 0 Å². The molecule has 20 heavy (non-hydrogen) atoms. The van der Waals surface area contributed by atoms with Gasteiger partial charge in [-0.3, -0.25) is 0 Å². The van der Waals surface area contributed by atoms with Gasteiger partial charge < -0.3 is 10.4 Å². The lowest BCUT2D eigenvalue weighted by Gasteiger charge is -2.16. The molecule has 2 N–H and O–H groups in total. The minimum atomic E-state index is -1.03. The van der Waals surface area contributed by atoms with Crippen LogP contribution in [-0.4, -0.2) is 11.1 Å². The Morgan fingerprint density at radius 1 is 1.20 bits per heavy atom. The van der Waals surface area contributed by atoms with E-state index in [1.165, 1.54) is 5.56 Å². The molecule has 1 atom stereocenters. The maximum absolute atomic E-state index is 11.1. The number of nitrogens with one attached hydrogen (secondary N) is 1. The van der Waals surface area contributed by atoms with Gasteiger partial charge in [0.05, 0.1) is 10.6 Å². The molecular weight excluding hydrogens is 274 g/mol. The van der Waals surface area contributed by atoms with Gasteiger partial charge in [-0.05, 0) is 37.6 Å². The monoisotopic (exact) mass is 289 g/mol. The van der Waals surface area contributed by atoms with Crippen molar-refractivity contribution in [3.05, 3.63) is 64.2 Å². The van der Waals surface area contributed by atoms with Crippen LogP contribution in [0.25, 0.3) is 0 Å². The summed E-state index contributed by atoms with van der Waals surface area (Å²) >= 11 is 5.85. The Hall–Kier alpha value is -2.00. The number of aryl methyl sites for hydroxylation is 1. The molecule has 2 aromatic rings. The van der Waals surface area contributed by atoms with Crippen LogP contribution < -0.4 is 5.32 Å². The van der Waals surface area contributed by atoms with E-state index in [2.05, 4.69) is 29.6 Å². The number of halogens is 1. The molecule has 0 amide bonds. The number of hydrogen-bond donors (Lipinski definition) is 2. The van der Waals surface area contributed by atoms with Gasteiger partial charge in [0.15, 0.2) is 0 Å². The summed E-state index contributed by atoms with van der Waals surface area (Å²) in [6.45, 7) is 4.07. The second-order valence-electron chi connectivity index (χ2n) is 4.78. The predicted octanol–water partition coefficient (Wildman–Crippen LogP) is 4.52. The van der Waals surface area contributed by atoms with Crippen LogP contribution in [0.15, 0.2) is 42.5 Å². The van der Waals surface area contributed by atoms with E-state index in [1.54, 1.807) is 18.2 Å². The SMILES string of the molecule is Cc1ccc(C(C)Nc2ccc(Cl)c(C(=O)O)c2)cc1. The summed E-state index contributed by atoms with van der Waals surface area (Å²) in [6.07, 6.45) is 0. The summed E-state index contributed by atoms with van der Waals surface area (Å²) in [7, 11) is 0. The molecule has 0 fully saturated rings. The number of carbonyl (C=O) groups is 1. The normalized spacial score (nSPS) is 11.9. The fraction of sp³-hybridized carbons (Fsp3) is 0.188. The first-order valence-corrected chi connectivity index (χ1v) is 6.71. The molecule has 4 heteroatoms. The third kappa shape index (κ3) is 3.31. The Kier molecular flexibility index (Phi) is 4.30. The zero-order valence-electron chi connectivity index (χ0n) is 11.4. The Morgan fingerprint density at radius 2 is 1.85 bits per heavy atom. The van der Waals surface area contributed by atoms with E-state index in [-0.39, 0.29) is 16.6 Å². The molecule has 0 saturated heterocycles. The van der Waals surface area contributed by atoms with Crippen LogP contribution in [0.5, 0.6) is 0 Å². The molecule has 0 aromatic heterocycles. The van der Waals surface area contributed by atoms with Crippen molar-refractivity contribution in [3.8, 4) is 0 Å². The molecule has 0 radical (unpaired) electrons. The quantitative estimate of drug-likeness (QED) is 0.870. The highest BCUT2D eigenvalue weighted by molar-refractivity contribution is 6.33. The fourth-order valence-corrected chi connectivity index (χ4v) is 2.17. The fourth-order valence-electron chi connectivity index (χ4n) is 1.97. The lowest BCUT2D eigenvalue weighted by atomic mass is 10.1. The number of aromatic carboxylic acids is 1. The first-order chi connectivity index (χ1) is 9.47. The molecule has 0 saturated carbocycles. The van der Waals surface area contributed by atoms with Crippen LogP contribution in [0, 0.1) is 6.92 Å². The van der Waals surface area contributed by atoms with Gasteiger partial charge in [0.1, 0.15) is 0 Å². The van der Waals surface area contributed by atoms with Gasteiger partial charge in [-0.25, -0.2) is 4.79 Å². The molecule has 0 bridgehead atoms. The highest BCUT2D eigenvalue weighted by atomic mass is 35.5. The molecule has 0 aliphatic carbocycles. The van der Waals surface area contributed by atoms with Gasteiger partial charge >= 0.3 is 5.97 Å². The molecule has 3 nitrogen and oxygen atoms in total. The zero-order valence-corrected chi connectivity index (χ0v) is 12.1. The standard InChI is InChI=1S/C16H16ClNO2/c1-10-3-5-12(6-4-10)11(2)18-13-7-8-15(17)14(9-13)16(19)20/h3-9,11,18H,1-2H3,(H,19,20). The summed E-state index contributed by atoms with van der Waals surface area (Å²) in [5.41, 5.74) is 3.19. The van der Waals surface area contributed by atoms with E-state index in [4.69, 9.17) is 16.7 Å². The molecule has 0 aliphatic heterocycles. The smallest absolute Gasteiger partial charge is 0.337 e. The summed E-state index contributed by atoms with van der Waals surface area (Å²) in [5.74, 6) is -1.03. The molecule has 104 valence electrons. The topological polar surface area (TPSA) is 49.3 Å². The number of hydrogen-bond acceptors (Lipinski definition) is 2. The zero-order chi connectivity index (χ0) is 14.7. The molecule has 0 aliphatic rings.